The largest absolute Gasteiger partial charge is 0.545 e. The van der Waals surface area contributed by atoms with Gasteiger partial charge in [-0.15, -0.1) is 0 Å². The molecule has 0 aliphatic heterocycles. The van der Waals surface area contributed by atoms with E-state index in [2.05, 4.69) is 26.0 Å². The molecule has 0 fully saturated rings. The monoisotopic (exact) mass is 323 g/mol. The molecule has 0 unspecified atom stereocenters. The topological polar surface area (TPSA) is 102 Å². The quantitative estimate of drug-likeness (QED) is 0.640. The van der Waals surface area contributed by atoms with Gasteiger partial charge in [0.2, 0.25) is 0 Å². The van der Waals surface area contributed by atoms with E-state index >= 15 is 0 Å². The molecule has 6 nitrogen and oxygen atoms in total. The van der Waals surface area contributed by atoms with Crippen molar-refractivity contribution in [3.8, 4) is 6.07 Å². The smallest absolute Gasteiger partial charge is 0.354 e. The van der Waals surface area contributed by atoms with Crippen LogP contribution in [0.25, 0.3) is 0 Å². The Hall–Kier alpha value is -2.33. The molecule has 0 aliphatic carbocycles. The first-order valence-electron chi connectivity index (χ1n) is 4.95. The third-order valence-electron chi connectivity index (χ3n) is 2.04. The van der Waals surface area contributed by atoms with E-state index in [1.807, 2.05) is 6.07 Å². The predicted octanol–water partition coefficient (Wildman–Crippen LogP) is 0.539. The number of hydrogen-bond donors (Lipinski definition) is 1. The van der Waals surface area contributed by atoms with E-state index in [1.165, 1.54) is 12.1 Å². The van der Waals surface area contributed by atoms with Crippen molar-refractivity contribution in [3.05, 3.63) is 40.0 Å². The minimum atomic E-state index is -1.55. The van der Waals surface area contributed by atoms with Gasteiger partial charge in [0, 0.05) is 4.47 Å². The maximum absolute atomic E-state index is 11.4. The normalized spacial score (nSPS) is 10.5. The molecule has 0 saturated heterocycles. The number of carbonyl (C=O) groups excluding carboxylic acids is 2. The number of nitriles is 1. The lowest BCUT2D eigenvalue weighted by molar-refractivity contribution is -0.297. The zero-order valence-corrected chi connectivity index (χ0v) is 11.4. The lowest BCUT2D eigenvalue weighted by Gasteiger charge is -2.11. The molecule has 7 heteroatoms. The third-order valence-corrected chi connectivity index (χ3v) is 2.53. The van der Waals surface area contributed by atoms with E-state index in [0.29, 0.717) is 10.5 Å². The summed E-state index contributed by atoms with van der Waals surface area (Å²) in [5.41, 5.74) is 0.187. The zero-order valence-electron chi connectivity index (χ0n) is 9.77. The number of carboxylic acid groups (broad SMARTS) is 1. The summed E-state index contributed by atoms with van der Waals surface area (Å²) in [6.45, 7) is 0. The lowest BCUT2D eigenvalue weighted by Crippen LogP contribution is -2.23. The van der Waals surface area contributed by atoms with Crippen molar-refractivity contribution in [2.75, 3.05) is 12.4 Å². The summed E-state index contributed by atoms with van der Waals surface area (Å²) < 4.78 is 5.11. The highest BCUT2D eigenvalue weighted by atomic mass is 79.9. The summed E-state index contributed by atoms with van der Waals surface area (Å²) >= 11 is 3.20. The summed E-state index contributed by atoms with van der Waals surface area (Å²) in [6, 6.07) is 6.60. The molecule has 0 atom stereocenters. The molecule has 1 aromatic rings. The number of nitrogens with zero attached hydrogens (tertiary/aromatic N) is 1. The van der Waals surface area contributed by atoms with Gasteiger partial charge in [-0.05, 0) is 24.3 Å². The number of halogens is 1. The highest BCUT2D eigenvalue weighted by Gasteiger charge is 2.12. The maximum Gasteiger partial charge on any atom is 0.354 e. The predicted molar refractivity (Wildman–Crippen MR) is 67.6 cm³/mol. The Morgan fingerprint density at radius 1 is 1.53 bits per heavy atom. The van der Waals surface area contributed by atoms with Gasteiger partial charge >= 0.3 is 5.97 Å². The average Bonchev–Trinajstić information content (AvgIpc) is 2.38. The number of rotatable bonds is 4. The van der Waals surface area contributed by atoms with Crippen LogP contribution in [-0.4, -0.2) is 19.0 Å². The number of anilines is 1. The van der Waals surface area contributed by atoms with E-state index in [0.717, 1.165) is 7.11 Å². The number of ether oxygens (including phenoxy) is 1. The highest BCUT2D eigenvalue weighted by molar-refractivity contribution is 9.10. The second-order valence-corrected chi connectivity index (χ2v) is 4.21. The van der Waals surface area contributed by atoms with Gasteiger partial charge in [-0.1, -0.05) is 15.9 Å². The summed E-state index contributed by atoms with van der Waals surface area (Å²) in [7, 11) is 1.11. The number of hydrogen-bond acceptors (Lipinski definition) is 6. The Morgan fingerprint density at radius 2 is 2.21 bits per heavy atom. The number of benzene rings is 1. The lowest BCUT2D eigenvalue weighted by atomic mass is 10.2. The molecule has 0 amide bonds. The van der Waals surface area contributed by atoms with E-state index in [4.69, 9.17) is 5.26 Å². The Bertz CT molecular complexity index is 590. The van der Waals surface area contributed by atoms with Gasteiger partial charge in [0.25, 0.3) is 0 Å². The molecule has 1 aromatic carbocycles. The number of nitrogens with one attached hydrogen (secondary N) is 1. The fraction of sp³-hybridized carbons (Fsp3) is 0.0833. The Morgan fingerprint density at radius 3 is 2.74 bits per heavy atom. The number of esters is 1. The van der Waals surface area contributed by atoms with Crippen LogP contribution in [0, 0.1) is 11.3 Å². The van der Waals surface area contributed by atoms with Crippen molar-refractivity contribution in [1.82, 2.24) is 0 Å². The molecule has 0 heterocycles. The third kappa shape index (κ3) is 4.12. The van der Waals surface area contributed by atoms with Crippen LogP contribution in [0.2, 0.25) is 0 Å². The summed E-state index contributed by atoms with van der Waals surface area (Å²) in [4.78, 5) is 21.9. The second kappa shape index (κ2) is 6.56. The molecule has 0 aliphatic rings. The Kier molecular flexibility index (Phi) is 5.09. The van der Waals surface area contributed by atoms with Crippen LogP contribution in [-0.2, 0) is 14.3 Å². The first-order chi connectivity index (χ1) is 8.97. The van der Waals surface area contributed by atoms with Crippen LogP contribution in [0.5, 0.6) is 0 Å². The van der Waals surface area contributed by atoms with Crippen LogP contribution in [0.15, 0.2) is 34.4 Å². The molecule has 1 rings (SSSR count). The van der Waals surface area contributed by atoms with Gasteiger partial charge in [-0.2, -0.15) is 5.26 Å². The van der Waals surface area contributed by atoms with E-state index in [1.54, 1.807) is 6.07 Å². The molecule has 0 spiro atoms. The van der Waals surface area contributed by atoms with Crippen LogP contribution < -0.4 is 10.4 Å². The Balaban J connectivity index is 3.14. The van der Waals surface area contributed by atoms with Crippen LogP contribution >= 0.6 is 15.9 Å². The van der Waals surface area contributed by atoms with Gasteiger partial charge in [0.05, 0.1) is 24.3 Å². The van der Waals surface area contributed by atoms with Crippen molar-refractivity contribution >= 4 is 33.6 Å². The van der Waals surface area contributed by atoms with E-state index in [-0.39, 0.29) is 16.9 Å². The van der Waals surface area contributed by atoms with Gasteiger partial charge in [0.1, 0.15) is 11.8 Å². The molecule has 1 N–H and O–H groups in total. The van der Waals surface area contributed by atoms with E-state index in [9.17, 15) is 14.7 Å². The van der Waals surface area contributed by atoms with Gasteiger partial charge in [0.15, 0.2) is 0 Å². The van der Waals surface area contributed by atoms with Crippen LogP contribution in [0.1, 0.15) is 5.56 Å². The molecular formula is C12H8BrN2O4-. The molecule has 19 heavy (non-hydrogen) atoms. The number of methoxy groups -OCH3 is 1. The van der Waals surface area contributed by atoms with E-state index < -0.39 is 11.9 Å². The minimum absolute atomic E-state index is 0.238. The molecule has 0 radical (unpaired) electrons. The van der Waals surface area contributed by atoms with Crippen molar-refractivity contribution in [3.63, 3.8) is 0 Å². The van der Waals surface area contributed by atoms with Crippen LogP contribution in [0.3, 0.4) is 0 Å². The van der Waals surface area contributed by atoms with Gasteiger partial charge < -0.3 is 20.0 Å². The van der Waals surface area contributed by atoms with Crippen LogP contribution in [0.4, 0.5) is 5.69 Å². The van der Waals surface area contributed by atoms with Gasteiger partial charge in [-0.3, -0.25) is 0 Å². The first-order valence-corrected chi connectivity index (χ1v) is 5.75. The van der Waals surface area contributed by atoms with Crippen molar-refractivity contribution in [2.45, 2.75) is 0 Å². The van der Waals surface area contributed by atoms with Crippen molar-refractivity contribution in [1.29, 1.82) is 5.26 Å². The maximum atomic E-state index is 11.4. The fourth-order valence-electron chi connectivity index (χ4n) is 1.24. The Labute approximate surface area is 117 Å². The molecular weight excluding hydrogens is 316 g/mol. The van der Waals surface area contributed by atoms with Gasteiger partial charge in [-0.25, -0.2) is 4.79 Å². The molecule has 0 saturated carbocycles. The minimum Gasteiger partial charge on any atom is -0.545 e. The number of carboxylic acids is 1. The number of carbonyl (C=O) groups is 2. The molecule has 0 aromatic heterocycles. The van der Waals surface area contributed by atoms with Crippen molar-refractivity contribution in [2.24, 2.45) is 0 Å². The fourth-order valence-corrected chi connectivity index (χ4v) is 1.60. The number of aliphatic carboxylic acids is 1. The summed E-state index contributed by atoms with van der Waals surface area (Å²) in [5, 5.41) is 22.0. The molecule has 98 valence electrons. The standard InChI is InChI=1S/C12H9BrN2O4/c1-19-12(18)10(5-11(16)17)15-9-3-2-8(13)4-7(9)6-14/h2-5,15H,1H3,(H,16,17)/p-1. The zero-order chi connectivity index (χ0) is 14.4. The first kappa shape index (κ1) is 14.7. The average molecular weight is 324 g/mol. The molecule has 0 bridgehead atoms. The SMILES string of the molecule is COC(=O)C(=CC(=O)[O-])Nc1ccc(Br)cc1C#N. The second-order valence-electron chi connectivity index (χ2n) is 3.30. The van der Waals surface area contributed by atoms with Crippen molar-refractivity contribution < 1.29 is 19.4 Å². The summed E-state index contributed by atoms with van der Waals surface area (Å²) in [6.07, 6.45) is 0.565. The highest BCUT2D eigenvalue weighted by Crippen LogP contribution is 2.21. The summed E-state index contributed by atoms with van der Waals surface area (Å²) in [5.74, 6) is -2.43.